The van der Waals surface area contributed by atoms with E-state index >= 15 is 0 Å². The van der Waals surface area contributed by atoms with Crippen LogP contribution in [0.25, 0.3) is 0 Å². The molecule has 0 saturated carbocycles. The average molecular weight is 488 g/mol. The first kappa shape index (κ1) is 24.5. The minimum atomic E-state index is -4.20. The zero-order chi connectivity index (χ0) is 24.0. The Morgan fingerprint density at radius 1 is 1.09 bits per heavy atom. The molecule has 1 aliphatic rings. The Morgan fingerprint density at radius 2 is 1.76 bits per heavy atom. The molecule has 0 atom stereocenters. The molecule has 0 radical (unpaired) electrons. The summed E-state index contributed by atoms with van der Waals surface area (Å²) in [6.45, 7) is -3.28. The van der Waals surface area contributed by atoms with Gasteiger partial charge in [-0.3, -0.25) is 4.79 Å². The molecule has 1 aliphatic heterocycles. The van der Waals surface area contributed by atoms with Crippen LogP contribution in [0.4, 0.5) is 18.9 Å². The summed E-state index contributed by atoms with van der Waals surface area (Å²) in [6, 6.07) is 7.75. The number of nitrogens with one attached hydrogen (secondary N) is 1. The number of alkyl halides is 2. The summed E-state index contributed by atoms with van der Waals surface area (Å²) >= 11 is 0. The highest BCUT2D eigenvalue weighted by molar-refractivity contribution is 7.89. The number of hydrogen-bond acceptors (Lipinski definition) is 7. The van der Waals surface area contributed by atoms with Crippen molar-refractivity contribution in [2.24, 2.45) is 0 Å². The Labute approximate surface area is 187 Å². The molecule has 0 spiro atoms. The molecule has 1 fully saturated rings. The molecule has 3 rings (SSSR count). The Kier molecular flexibility index (Phi) is 7.89. The van der Waals surface area contributed by atoms with Crippen LogP contribution in [0.3, 0.4) is 0 Å². The highest BCUT2D eigenvalue weighted by atomic mass is 32.2. The topological polar surface area (TPSA) is 111 Å². The monoisotopic (exact) mass is 488 g/mol. The Morgan fingerprint density at radius 3 is 2.39 bits per heavy atom. The summed E-state index contributed by atoms with van der Waals surface area (Å²) in [6.07, 6.45) is 0. The van der Waals surface area contributed by atoms with Gasteiger partial charge in [0.15, 0.2) is 6.61 Å². The molecule has 0 aliphatic carbocycles. The molecule has 1 amide bonds. The number of rotatable bonds is 8. The summed E-state index contributed by atoms with van der Waals surface area (Å²) in [5, 5.41) is 2.38. The van der Waals surface area contributed by atoms with Crippen molar-refractivity contribution in [1.82, 2.24) is 4.31 Å². The van der Waals surface area contributed by atoms with Crippen LogP contribution in [0.5, 0.6) is 5.75 Å². The molecule has 0 bridgehead atoms. The molecule has 9 nitrogen and oxygen atoms in total. The lowest BCUT2D eigenvalue weighted by atomic mass is 10.2. The Bertz CT molecular complexity index is 1110. The van der Waals surface area contributed by atoms with Gasteiger partial charge in [-0.2, -0.15) is 13.1 Å². The van der Waals surface area contributed by atoms with Crippen LogP contribution in [0.15, 0.2) is 47.4 Å². The van der Waals surface area contributed by atoms with E-state index in [1.54, 1.807) is 0 Å². The molecular formula is C20H19F3N2O7S. The molecule has 2 aromatic carbocycles. The molecule has 178 valence electrons. The number of carbonyl (C=O) groups excluding carboxylic acids is 2. The van der Waals surface area contributed by atoms with Gasteiger partial charge in [0.05, 0.1) is 18.8 Å². The lowest BCUT2D eigenvalue weighted by Crippen LogP contribution is -2.41. The van der Waals surface area contributed by atoms with E-state index in [9.17, 15) is 31.2 Å². The number of esters is 1. The molecule has 1 saturated heterocycles. The van der Waals surface area contributed by atoms with Gasteiger partial charge in [0.25, 0.3) is 5.91 Å². The van der Waals surface area contributed by atoms with Gasteiger partial charge in [0.2, 0.25) is 10.0 Å². The van der Waals surface area contributed by atoms with Gasteiger partial charge >= 0.3 is 12.6 Å². The molecular weight excluding hydrogens is 469 g/mol. The quantitative estimate of drug-likeness (QED) is 0.568. The lowest BCUT2D eigenvalue weighted by molar-refractivity contribution is -0.119. The van der Waals surface area contributed by atoms with Crippen LogP contribution >= 0.6 is 0 Å². The van der Waals surface area contributed by atoms with E-state index in [1.165, 1.54) is 24.3 Å². The predicted molar refractivity (Wildman–Crippen MR) is 108 cm³/mol. The number of hydrogen-bond donors (Lipinski definition) is 1. The highest BCUT2D eigenvalue weighted by Crippen LogP contribution is 2.22. The fraction of sp³-hybridized carbons (Fsp3) is 0.300. The van der Waals surface area contributed by atoms with Gasteiger partial charge in [-0.1, -0.05) is 0 Å². The van der Waals surface area contributed by atoms with Gasteiger partial charge in [-0.05, 0) is 42.5 Å². The predicted octanol–water partition coefficient (Wildman–Crippen LogP) is 2.24. The number of carbonyl (C=O) groups is 2. The third kappa shape index (κ3) is 6.43. The maximum atomic E-state index is 14.2. The summed E-state index contributed by atoms with van der Waals surface area (Å²) < 4.78 is 79.1. The van der Waals surface area contributed by atoms with E-state index in [1.807, 2.05) is 0 Å². The first-order valence-corrected chi connectivity index (χ1v) is 11.0. The maximum absolute atomic E-state index is 14.2. The lowest BCUT2D eigenvalue weighted by Gasteiger charge is -2.26. The fourth-order valence-corrected chi connectivity index (χ4v) is 4.38. The second-order valence-corrected chi connectivity index (χ2v) is 8.60. The van der Waals surface area contributed by atoms with Crippen molar-refractivity contribution in [2.45, 2.75) is 11.5 Å². The highest BCUT2D eigenvalue weighted by Gasteiger charge is 2.30. The van der Waals surface area contributed by atoms with Gasteiger partial charge in [0, 0.05) is 18.8 Å². The number of amides is 1. The van der Waals surface area contributed by atoms with Crippen molar-refractivity contribution in [2.75, 3.05) is 38.2 Å². The molecule has 1 N–H and O–H groups in total. The van der Waals surface area contributed by atoms with Crippen molar-refractivity contribution < 1.29 is 45.4 Å². The van der Waals surface area contributed by atoms with E-state index in [0.717, 1.165) is 22.5 Å². The minimum absolute atomic E-state index is 0.0475. The second-order valence-electron chi connectivity index (χ2n) is 6.69. The summed E-state index contributed by atoms with van der Waals surface area (Å²) in [5.74, 6) is -2.91. The van der Waals surface area contributed by atoms with Crippen LogP contribution in [0.1, 0.15) is 10.4 Å². The van der Waals surface area contributed by atoms with Gasteiger partial charge in [0.1, 0.15) is 16.5 Å². The van der Waals surface area contributed by atoms with E-state index in [0.29, 0.717) is 0 Å². The van der Waals surface area contributed by atoms with Crippen molar-refractivity contribution in [3.63, 3.8) is 0 Å². The van der Waals surface area contributed by atoms with E-state index in [2.05, 4.69) is 10.1 Å². The van der Waals surface area contributed by atoms with Crippen LogP contribution in [-0.4, -0.2) is 64.1 Å². The largest absolute Gasteiger partial charge is 0.452 e. The minimum Gasteiger partial charge on any atom is -0.452 e. The average Bonchev–Trinajstić information content (AvgIpc) is 2.79. The van der Waals surface area contributed by atoms with Crippen molar-refractivity contribution in [3.05, 3.63) is 53.8 Å². The fourth-order valence-electron chi connectivity index (χ4n) is 2.89. The molecule has 13 heteroatoms. The van der Waals surface area contributed by atoms with E-state index in [-0.39, 0.29) is 43.3 Å². The zero-order valence-electron chi connectivity index (χ0n) is 17.0. The van der Waals surface area contributed by atoms with E-state index < -0.39 is 45.8 Å². The SMILES string of the molecule is O=C(COC(=O)c1ccc(F)c(S(=O)(=O)N2CCOCC2)c1)Nc1ccc(OC(F)F)cc1. The van der Waals surface area contributed by atoms with Crippen molar-refractivity contribution >= 4 is 27.6 Å². The number of anilines is 1. The smallest absolute Gasteiger partial charge is 0.387 e. The third-order valence-corrected chi connectivity index (χ3v) is 6.37. The summed E-state index contributed by atoms with van der Waals surface area (Å²) in [4.78, 5) is 23.6. The van der Waals surface area contributed by atoms with Crippen molar-refractivity contribution in [1.29, 1.82) is 0 Å². The standard InChI is InChI=1S/C20H19F3N2O7S/c21-16-6-1-13(11-17(16)33(28,29)25-7-9-30-10-8-25)19(27)31-12-18(26)24-14-2-4-15(5-3-14)32-20(22)23/h1-6,11,20H,7-10,12H2,(H,24,26). The van der Waals surface area contributed by atoms with Crippen LogP contribution in [0.2, 0.25) is 0 Å². The molecule has 33 heavy (non-hydrogen) atoms. The van der Waals surface area contributed by atoms with Crippen LogP contribution in [-0.2, 0) is 24.3 Å². The number of ether oxygens (including phenoxy) is 3. The molecule has 0 aromatic heterocycles. The summed E-state index contributed by atoms with van der Waals surface area (Å²) in [5.41, 5.74) is -0.0251. The Hall–Kier alpha value is -3.16. The zero-order valence-corrected chi connectivity index (χ0v) is 17.8. The third-order valence-electron chi connectivity index (χ3n) is 4.45. The molecule has 2 aromatic rings. The van der Waals surface area contributed by atoms with E-state index in [4.69, 9.17) is 9.47 Å². The number of benzene rings is 2. The first-order valence-electron chi connectivity index (χ1n) is 9.56. The van der Waals surface area contributed by atoms with Gasteiger partial charge < -0.3 is 19.5 Å². The number of morpholine rings is 1. The van der Waals surface area contributed by atoms with Gasteiger partial charge in [-0.15, -0.1) is 0 Å². The van der Waals surface area contributed by atoms with Crippen molar-refractivity contribution in [3.8, 4) is 5.75 Å². The molecule has 0 unspecified atom stereocenters. The number of nitrogens with zero attached hydrogens (tertiary/aromatic N) is 1. The Balaban J connectivity index is 1.61. The number of sulfonamides is 1. The van der Waals surface area contributed by atoms with Gasteiger partial charge in [-0.25, -0.2) is 17.6 Å². The normalized spacial score (nSPS) is 14.7. The van der Waals surface area contributed by atoms with Crippen LogP contribution in [0, 0.1) is 5.82 Å². The first-order chi connectivity index (χ1) is 15.7. The molecule has 1 heterocycles. The number of halogens is 3. The maximum Gasteiger partial charge on any atom is 0.387 e. The van der Waals surface area contributed by atoms with Crippen LogP contribution < -0.4 is 10.1 Å². The summed E-state index contributed by atoms with van der Waals surface area (Å²) in [7, 11) is -4.20. The second kappa shape index (κ2) is 10.6.